The number of sulfonamides is 1. The topological polar surface area (TPSA) is 93.5 Å². The summed E-state index contributed by atoms with van der Waals surface area (Å²) in [5.41, 5.74) is 1.42. The van der Waals surface area contributed by atoms with Crippen LogP contribution in [-0.4, -0.2) is 30.5 Å². The fourth-order valence-corrected chi connectivity index (χ4v) is 3.43. The molecule has 0 aliphatic rings. The fourth-order valence-electron chi connectivity index (χ4n) is 1.98. The molecule has 2 rings (SSSR count). The Labute approximate surface area is 152 Å². The van der Waals surface area contributed by atoms with Gasteiger partial charge >= 0.3 is 6.02 Å². The van der Waals surface area contributed by atoms with Crippen LogP contribution in [0.3, 0.4) is 0 Å². The maximum absolute atomic E-state index is 12.6. The first-order valence-electron chi connectivity index (χ1n) is 7.52. The van der Waals surface area contributed by atoms with Gasteiger partial charge in [-0.15, -0.1) is 0 Å². The Morgan fingerprint density at radius 2 is 1.80 bits per heavy atom. The number of nitrogens with zero attached hydrogens (tertiary/aromatic N) is 3. The van der Waals surface area contributed by atoms with Crippen LogP contribution in [0.2, 0.25) is 5.02 Å². The number of hydrogen-bond donors (Lipinski definition) is 1. The molecule has 0 amide bonds. The van der Waals surface area contributed by atoms with Crippen LogP contribution in [0.25, 0.3) is 0 Å². The summed E-state index contributed by atoms with van der Waals surface area (Å²) in [5, 5.41) is 0.0987. The Bertz CT molecular complexity index is 878. The summed E-state index contributed by atoms with van der Waals surface area (Å²) in [6.45, 7) is 7.10. The molecule has 7 nitrogen and oxygen atoms in total. The van der Waals surface area contributed by atoms with Crippen molar-refractivity contribution in [2.45, 2.75) is 38.7 Å². The number of aromatic nitrogens is 2. The lowest BCUT2D eigenvalue weighted by atomic mass is 10.4. The second-order valence-electron chi connectivity index (χ2n) is 5.57. The molecular weight excluding hydrogens is 364 g/mol. The van der Waals surface area contributed by atoms with Crippen molar-refractivity contribution in [2.24, 2.45) is 4.99 Å². The van der Waals surface area contributed by atoms with Gasteiger partial charge in [0.25, 0.3) is 16.0 Å². The van der Waals surface area contributed by atoms with E-state index in [0.29, 0.717) is 11.4 Å². The minimum atomic E-state index is -3.97. The molecule has 2 aromatic rings. The van der Waals surface area contributed by atoms with Crippen molar-refractivity contribution in [3.63, 3.8) is 0 Å². The van der Waals surface area contributed by atoms with Crippen LogP contribution >= 0.6 is 11.6 Å². The highest BCUT2D eigenvalue weighted by molar-refractivity contribution is 7.90. The number of aliphatic imine (C=N–C) groups is 1. The van der Waals surface area contributed by atoms with Gasteiger partial charge in [-0.25, -0.2) is 23.1 Å². The Balaban J connectivity index is 2.41. The minimum absolute atomic E-state index is 0.0712. The number of nitrogens with one attached hydrogen (secondary N) is 1. The van der Waals surface area contributed by atoms with Crippen molar-refractivity contribution in [1.29, 1.82) is 0 Å². The first kappa shape index (κ1) is 19.1. The number of hydrogen-bond acceptors (Lipinski definition) is 6. The molecule has 1 aromatic carbocycles. The predicted octanol–water partition coefficient (Wildman–Crippen LogP) is 3.14. The van der Waals surface area contributed by atoms with Gasteiger partial charge in [0.15, 0.2) is 0 Å². The smallest absolute Gasteiger partial charge is 0.307 e. The molecule has 9 heteroatoms. The molecule has 0 unspecified atom stereocenters. The zero-order valence-corrected chi connectivity index (χ0v) is 15.9. The van der Waals surface area contributed by atoms with Crippen molar-refractivity contribution < 1.29 is 13.2 Å². The van der Waals surface area contributed by atoms with E-state index in [2.05, 4.69) is 19.7 Å². The standard InChI is InChI=1S/C16H19ClN4O3S/c1-10(2)24-16(20-15-18-11(3)9-12(4)19-15)21-25(22,23)14-8-6-5-7-13(14)17/h5-10H,1-4H3,(H,18,19,20,21). The van der Waals surface area contributed by atoms with Gasteiger partial charge in [-0.2, -0.15) is 4.99 Å². The second kappa shape index (κ2) is 7.79. The SMILES string of the molecule is Cc1cc(C)nc(N=C(NS(=O)(=O)c2ccccc2Cl)OC(C)C)n1. The molecule has 0 aliphatic carbocycles. The van der Waals surface area contributed by atoms with Crippen LogP contribution < -0.4 is 4.72 Å². The zero-order chi connectivity index (χ0) is 18.6. The van der Waals surface area contributed by atoms with E-state index in [4.69, 9.17) is 16.3 Å². The molecule has 0 saturated heterocycles. The van der Waals surface area contributed by atoms with Crippen LogP contribution in [0.15, 0.2) is 40.2 Å². The van der Waals surface area contributed by atoms with Gasteiger partial charge in [-0.1, -0.05) is 23.7 Å². The Kier molecular flexibility index (Phi) is 5.97. The van der Waals surface area contributed by atoms with E-state index in [0.717, 1.165) is 0 Å². The van der Waals surface area contributed by atoms with Crippen molar-refractivity contribution >= 4 is 33.6 Å². The number of amidine groups is 1. The second-order valence-corrected chi connectivity index (χ2v) is 7.63. The van der Waals surface area contributed by atoms with Gasteiger partial charge in [-0.3, -0.25) is 0 Å². The van der Waals surface area contributed by atoms with Gasteiger partial charge in [0.2, 0.25) is 0 Å². The van der Waals surface area contributed by atoms with E-state index in [-0.39, 0.29) is 28.0 Å². The highest BCUT2D eigenvalue weighted by Crippen LogP contribution is 2.20. The molecule has 0 spiro atoms. The fraction of sp³-hybridized carbons (Fsp3) is 0.312. The first-order chi connectivity index (χ1) is 11.7. The summed E-state index contributed by atoms with van der Waals surface area (Å²) in [5.74, 6) is 0.106. The monoisotopic (exact) mass is 382 g/mol. The Morgan fingerprint density at radius 1 is 1.20 bits per heavy atom. The summed E-state index contributed by atoms with van der Waals surface area (Å²) in [6, 6.07) is 7.67. The normalized spacial score (nSPS) is 12.3. The summed E-state index contributed by atoms with van der Waals surface area (Å²) >= 11 is 5.98. The number of rotatable bonds is 4. The van der Waals surface area contributed by atoms with Crippen LogP contribution in [0.4, 0.5) is 5.95 Å². The molecule has 0 fully saturated rings. The van der Waals surface area contributed by atoms with Gasteiger partial charge in [-0.05, 0) is 45.9 Å². The third-order valence-corrected chi connectivity index (χ3v) is 4.69. The van der Waals surface area contributed by atoms with E-state index in [1.807, 2.05) is 0 Å². The van der Waals surface area contributed by atoms with Crippen molar-refractivity contribution in [3.05, 3.63) is 46.7 Å². The zero-order valence-electron chi connectivity index (χ0n) is 14.3. The molecule has 0 bridgehead atoms. The van der Waals surface area contributed by atoms with Gasteiger partial charge in [0.1, 0.15) is 4.90 Å². The average molecular weight is 383 g/mol. The third kappa shape index (κ3) is 5.40. The predicted molar refractivity (Wildman–Crippen MR) is 96.6 cm³/mol. The summed E-state index contributed by atoms with van der Waals surface area (Å²) in [4.78, 5) is 12.4. The van der Waals surface area contributed by atoms with Gasteiger partial charge < -0.3 is 4.74 Å². The molecule has 0 radical (unpaired) electrons. The summed E-state index contributed by atoms with van der Waals surface area (Å²) in [6.07, 6.45) is -0.307. The van der Waals surface area contributed by atoms with Gasteiger partial charge in [0, 0.05) is 11.4 Å². The molecular formula is C16H19ClN4O3S. The highest BCUT2D eigenvalue weighted by Gasteiger charge is 2.21. The van der Waals surface area contributed by atoms with Crippen molar-refractivity contribution in [1.82, 2.24) is 14.7 Å². The maximum Gasteiger partial charge on any atom is 0.307 e. The summed E-state index contributed by atoms with van der Waals surface area (Å²) < 4.78 is 32.9. The molecule has 0 saturated carbocycles. The molecule has 25 heavy (non-hydrogen) atoms. The van der Waals surface area contributed by atoms with E-state index in [9.17, 15) is 8.42 Å². The molecule has 1 N–H and O–H groups in total. The number of aryl methyl sites for hydroxylation is 2. The summed E-state index contributed by atoms with van der Waals surface area (Å²) in [7, 11) is -3.97. The van der Waals surface area contributed by atoms with Crippen LogP contribution in [0.1, 0.15) is 25.2 Å². The lowest BCUT2D eigenvalue weighted by Crippen LogP contribution is -2.34. The molecule has 1 aromatic heterocycles. The Hall–Kier alpha value is -2.19. The molecule has 0 aliphatic heterocycles. The average Bonchev–Trinajstić information content (AvgIpc) is 2.44. The molecule has 134 valence electrons. The molecule has 0 atom stereocenters. The van der Waals surface area contributed by atoms with Crippen molar-refractivity contribution in [2.75, 3.05) is 0 Å². The highest BCUT2D eigenvalue weighted by atomic mass is 35.5. The number of benzene rings is 1. The van der Waals surface area contributed by atoms with Crippen LogP contribution in [-0.2, 0) is 14.8 Å². The maximum atomic E-state index is 12.6. The van der Waals surface area contributed by atoms with Crippen molar-refractivity contribution in [3.8, 4) is 0 Å². The Morgan fingerprint density at radius 3 is 2.36 bits per heavy atom. The third-order valence-electron chi connectivity index (χ3n) is 2.87. The van der Waals surface area contributed by atoms with E-state index in [1.54, 1.807) is 45.9 Å². The first-order valence-corrected chi connectivity index (χ1v) is 9.38. The number of halogens is 1. The minimum Gasteiger partial charge on any atom is -0.462 e. The number of ether oxygens (including phenoxy) is 1. The van der Waals surface area contributed by atoms with E-state index in [1.165, 1.54) is 12.1 Å². The van der Waals surface area contributed by atoms with E-state index < -0.39 is 10.0 Å². The van der Waals surface area contributed by atoms with Crippen LogP contribution in [0.5, 0.6) is 0 Å². The lowest BCUT2D eigenvalue weighted by molar-refractivity contribution is 0.221. The van der Waals surface area contributed by atoms with Crippen LogP contribution in [0, 0.1) is 13.8 Å². The largest absolute Gasteiger partial charge is 0.462 e. The van der Waals surface area contributed by atoms with Gasteiger partial charge in [0.05, 0.1) is 11.1 Å². The molecule has 1 heterocycles. The van der Waals surface area contributed by atoms with E-state index >= 15 is 0 Å². The lowest BCUT2D eigenvalue weighted by Gasteiger charge is -2.14. The quantitative estimate of drug-likeness (QED) is 0.647.